The van der Waals surface area contributed by atoms with Crippen molar-refractivity contribution in [3.05, 3.63) is 0 Å². The van der Waals surface area contributed by atoms with E-state index in [9.17, 15) is 4.79 Å². The van der Waals surface area contributed by atoms with Crippen LogP contribution in [-0.2, 0) is 9.53 Å². The summed E-state index contributed by atoms with van der Waals surface area (Å²) in [5.41, 5.74) is 0. The van der Waals surface area contributed by atoms with Crippen LogP contribution < -0.4 is 0 Å². The van der Waals surface area contributed by atoms with E-state index in [4.69, 9.17) is 4.74 Å². The van der Waals surface area contributed by atoms with Crippen LogP contribution >= 0.6 is 0 Å². The van der Waals surface area contributed by atoms with Crippen molar-refractivity contribution in [2.45, 2.75) is 64.0 Å². The van der Waals surface area contributed by atoms with Crippen LogP contribution in [0.3, 0.4) is 0 Å². The lowest BCUT2D eigenvalue weighted by molar-refractivity contribution is -0.141. The zero-order valence-electron chi connectivity index (χ0n) is 10.7. The van der Waals surface area contributed by atoms with Crippen LogP contribution in [0.15, 0.2) is 0 Å². The number of rotatable bonds is 1. The van der Waals surface area contributed by atoms with E-state index < -0.39 is 0 Å². The van der Waals surface area contributed by atoms with E-state index >= 15 is 0 Å². The molecule has 0 radical (unpaired) electrons. The fourth-order valence-corrected chi connectivity index (χ4v) is 2.29. The van der Waals surface area contributed by atoms with Crippen molar-refractivity contribution in [2.24, 2.45) is 0 Å². The summed E-state index contributed by atoms with van der Waals surface area (Å²) in [7, 11) is 3.56. The van der Waals surface area contributed by atoms with Crippen molar-refractivity contribution in [3.8, 4) is 0 Å². The number of nitrogens with zero attached hydrogens (tertiary/aromatic N) is 1. The fourth-order valence-electron chi connectivity index (χ4n) is 2.29. The summed E-state index contributed by atoms with van der Waals surface area (Å²) in [6, 6.07) is 0. The first kappa shape index (κ1) is 13.5. The van der Waals surface area contributed by atoms with Crippen LogP contribution in [0.2, 0.25) is 0 Å². The second kappa shape index (κ2) is 7.66. The van der Waals surface area contributed by atoms with Crippen LogP contribution in [-0.4, -0.2) is 31.2 Å². The number of hydrogen-bond donors (Lipinski definition) is 0. The number of ether oxygens (including phenoxy) is 1. The second-order valence-electron chi connectivity index (χ2n) is 4.71. The van der Waals surface area contributed by atoms with Gasteiger partial charge in [0.1, 0.15) is 6.23 Å². The van der Waals surface area contributed by atoms with Gasteiger partial charge in [-0.25, -0.2) is 0 Å². The predicted octanol–water partition coefficient (Wildman–Crippen LogP) is 2.94. The van der Waals surface area contributed by atoms with E-state index in [1.165, 1.54) is 32.1 Å². The summed E-state index contributed by atoms with van der Waals surface area (Å²) in [6.45, 7) is 0. The Hall–Kier alpha value is -0.570. The van der Waals surface area contributed by atoms with Gasteiger partial charge in [-0.2, -0.15) is 0 Å². The van der Waals surface area contributed by atoms with Crippen LogP contribution in [0.4, 0.5) is 0 Å². The highest BCUT2D eigenvalue weighted by molar-refractivity contribution is 5.75. The summed E-state index contributed by atoms with van der Waals surface area (Å²) < 4.78 is 5.38. The minimum absolute atomic E-state index is 0.0214. The van der Waals surface area contributed by atoms with Gasteiger partial charge in [0.25, 0.3) is 0 Å². The highest BCUT2D eigenvalue weighted by atomic mass is 16.5. The standard InChI is InChI=1S/C13H25NO2/c1-14-12(15)10-8-6-4-3-5-7-9-11-13(14)16-2/h13H,3-11H2,1-2H3. The number of methoxy groups -OCH3 is 1. The Labute approximate surface area is 99.1 Å². The van der Waals surface area contributed by atoms with Crippen molar-refractivity contribution in [1.29, 1.82) is 0 Å². The second-order valence-corrected chi connectivity index (χ2v) is 4.71. The Balaban J connectivity index is 2.47. The SMILES string of the molecule is COC1CCCCCCCCCC(=O)N1C. The normalized spacial score (nSPS) is 26.0. The first-order chi connectivity index (χ1) is 7.75. The molecule has 1 rings (SSSR count). The summed E-state index contributed by atoms with van der Waals surface area (Å²) in [5, 5.41) is 0. The fraction of sp³-hybridized carbons (Fsp3) is 0.923. The van der Waals surface area contributed by atoms with Crippen LogP contribution in [0.1, 0.15) is 57.8 Å². The Morgan fingerprint density at radius 2 is 1.62 bits per heavy atom. The van der Waals surface area contributed by atoms with Gasteiger partial charge in [-0.05, 0) is 19.3 Å². The van der Waals surface area contributed by atoms with Crippen LogP contribution in [0, 0.1) is 0 Å². The highest BCUT2D eigenvalue weighted by Crippen LogP contribution is 2.16. The molecule has 1 unspecified atom stereocenters. The zero-order chi connectivity index (χ0) is 11.8. The number of amides is 1. The lowest BCUT2D eigenvalue weighted by Gasteiger charge is -2.27. The van der Waals surface area contributed by atoms with Gasteiger partial charge in [0.05, 0.1) is 0 Å². The molecule has 0 saturated carbocycles. The third-order valence-electron chi connectivity index (χ3n) is 3.44. The highest BCUT2D eigenvalue weighted by Gasteiger charge is 2.18. The Bertz CT molecular complexity index is 206. The molecule has 0 aromatic carbocycles. The smallest absolute Gasteiger partial charge is 0.224 e. The molecule has 0 spiro atoms. The maximum absolute atomic E-state index is 11.8. The molecule has 0 aliphatic carbocycles. The molecular formula is C13H25NO2. The summed E-state index contributed by atoms with van der Waals surface area (Å²) >= 11 is 0. The van der Waals surface area contributed by atoms with E-state index in [0.29, 0.717) is 6.42 Å². The van der Waals surface area contributed by atoms with E-state index in [2.05, 4.69) is 0 Å². The van der Waals surface area contributed by atoms with Crippen molar-refractivity contribution >= 4 is 5.91 Å². The molecule has 1 heterocycles. The molecule has 16 heavy (non-hydrogen) atoms. The number of carbonyl (C=O) groups is 1. The van der Waals surface area contributed by atoms with Gasteiger partial charge < -0.3 is 9.64 Å². The quantitative estimate of drug-likeness (QED) is 0.689. The monoisotopic (exact) mass is 227 g/mol. The molecule has 1 saturated heterocycles. The average molecular weight is 227 g/mol. The molecule has 0 aromatic heterocycles. The van der Waals surface area contributed by atoms with Gasteiger partial charge in [0.2, 0.25) is 5.91 Å². The van der Waals surface area contributed by atoms with E-state index in [1.807, 2.05) is 7.05 Å². The van der Waals surface area contributed by atoms with Gasteiger partial charge >= 0.3 is 0 Å². The zero-order valence-corrected chi connectivity index (χ0v) is 10.7. The van der Waals surface area contributed by atoms with Crippen molar-refractivity contribution < 1.29 is 9.53 Å². The largest absolute Gasteiger partial charge is 0.362 e. The Morgan fingerprint density at radius 1 is 1.06 bits per heavy atom. The third kappa shape index (κ3) is 4.52. The van der Waals surface area contributed by atoms with Gasteiger partial charge in [0, 0.05) is 20.6 Å². The molecule has 1 aliphatic rings. The molecule has 1 aliphatic heterocycles. The molecule has 3 nitrogen and oxygen atoms in total. The van der Waals surface area contributed by atoms with Crippen molar-refractivity contribution in [2.75, 3.05) is 14.2 Å². The topological polar surface area (TPSA) is 29.5 Å². The molecule has 1 atom stereocenters. The van der Waals surface area contributed by atoms with Crippen molar-refractivity contribution in [1.82, 2.24) is 4.90 Å². The van der Waals surface area contributed by atoms with Gasteiger partial charge in [-0.3, -0.25) is 4.79 Å². The van der Waals surface area contributed by atoms with Gasteiger partial charge in [0.15, 0.2) is 0 Å². The van der Waals surface area contributed by atoms with Crippen LogP contribution in [0.25, 0.3) is 0 Å². The van der Waals surface area contributed by atoms with Crippen molar-refractivity contribution in [3.63, 3.8) is 0 Å². The lowest BCUT2D eigenvalue weighted by atomic mass is 10.0. The van der Waals surface area contributed by atoms with Crippen LogP contribution in [0.5, 0.6) is 0 Å². The maximum atomic E-state index is 11.8. The summed E-state index contributed by atoms with van der Waals surface area (Å²) in [4.78, 5) is 13.6. The van der Waals surface area contributed by atoms with E-state index in [0.717, 1.165) is 19.3 Å². The molecule has 3 heteroatoms. The molecule has 94 valence electrons. The third-order valence-corrected chi connectivity index (χ3v) is 3.44. The predicted molar refractivity (Wildman–Crippen MR) is 65.1 cm³/mol. The minimum atomic E-state index is -0.0214. The molecule has 0 bridgehead atoms. The summed E-state index contributed by atoms with van der Waals surface area (Å²) in [5.74, 6) is 0.229. The Morgan fingerprint density at radius 3 is 2.25 bits per heavy atom. The average Bonchev–Trinajstić information content (AvgIpc) is 2.29. The van der Waals surface area contributed by atoms with E-state index in [-0.39, 0.29) is 12.1 Å². The first-order valence-corrected chi connectivity index (χ1v) is 6.54. The number of carbonyl (C=O) groups excluding carboxylic acids is 1. The molecule has 1 fully saturated rings. The molecule has 1 amide bonds. The summed E-state index contributed by atoms with van der Waals surface area (Å²) in [6.07, 6.45) is 10.2. The molecule has 0 N–H and O–H groups in total. The first-order valence-electron chi connectivity index (χ1n) is 6.54. The van der Waals surface area contributed by atoms with Gasteiger partial charge in [-0.15, -0.1) is 0 Å². The van der Waals surface area contributed by atoms with E-state index in [1.54, 1.807) is 12.0 Å². The Kier molecular flexibility index (Phi) is 6.46. The molecule has 0 aromatic rings. The molecular weight excluding hydrogens is 202 g/mol. The lowest BCUT2D eigenvalue weighted by Crippen LogP contribution is -2.38. The maximum Gasteiger partial charge on any atom is 0.224 e. The number of hydrogen-bond acceptors (Lipinski definition) is 2. The van der Waals surface area contributed by atoms with Gasteiger partial charge in [-0.1, -0.05) is 32.1 Å². The minimum Gasteiger partial charge on any atom is -0.362 e.